The van der Waals surface area contributed by atoms with Gasteiger partial charge in [-0.25, -0.2) is 4.39 Å². The van der Waals surface area contributed by atoms with E-state index in [1.807, 2.05) is 0 Å². The maximum atomic E-state index is 13.7. The molecule has 4 N–H and O–H groups in total. The lowest BCUT2D eigenvalue weighted by Crippen LogP contribution is -2.06. The van der Waals surface area contributed by atoms with Crippen molar-refractivity contribution in [1.29, 1.82) is 5.41 Å². The van der Waals surface area contributed by atoms with Crippen molar-refractivity contribution in [2.45, 2.75) is 13.8 Å². The van der Waals surface area contributed by atoms with E-state index in [2.05, 4.69) is 5.32 Å². The standard InChI is InChI=1S/C13H16FN3OS/c1-8(5-6-19-13(15)16)11-7-10(17-9(2)18)3-4-12(11)14/h3-5,7H,6H2,1-2H3,(H3,15,16)(H,17,18). The van der Waals surface area contributed by atoms with E-state index in [-0.39, 0.29) is 16.9 Å². The molecule has 0 aromatic heterocycles. The molecule has 19 heavy (non-hydrogen) atoms. The summed E-state index contributed by atoms with van der Waals surface area (Å²) in [6, 6.07) is 4.41. The van der Waals surface area contributed by atoms with Crippen LogP contribution in [0.2, 0.25) is 0 Å². The van der Waals surface area contributed by atoms with Crippen molar-refractivity contribution in [3.8, 4) is 0 Å². The predicted octanol–water partition coefficient (Wildman–Crippen LogP) is 2.81. The molecule has 6 heteroatoms. The zero-order chi connectivity index (χ0) is 14.4. The molecule has 0 saturated heterocycles. The second-order valence-corrected chi connectivity index (χ2v) is 5.00. The minimum absolute atomic E-state index is 0.0246. The number of halogens is 1. The molecule has 0 bridgehead atoms. The molecule has 0 fully saturated rings. The minimum Gasteiger partial charge on any atom is -0.379 e. The number of hydrogen-bond donors (Lipinski definition) is 3. The van der Waals surface area contributed by atoms with Gasteiger partial charge in [-0.1, -0.05) is 17.8 Å². The van der Waals surface area contributed by atoms with Crippen LogP contribution in [0.4, 0.5) is 10.1 Å². The molecule has 1 aromatic carbocycles. The molecule has 1 amide bonds. The van der Waals surface area contributed by atoms with E-state index in [1.165, 1.54) is 30.8 Å². The van der Waals surface area contributed by atoms with Crippen molar-refractivity contribution < 1.29 is 9.18 Å². The van der Waals surface area contributed by atoms with Gasteiger partial charge < -0.3 is 11.1 Å². The maximum absolute atomic E-state index is 13.7. The Morgan fingerprint density at radius 2 is 2.21 bits per heavy atom. The molecule has 102 valence electrons. The van der Waals surface area contributed by atoms with Crippen LogP contribution < -0.4 is 11.1 Å². The molecular formula is C13H16FN3OS. The summed E-state index contributed by atoms with van der Waals surface area (Å²) >= 11 is 1.17. The second kappa shape index (κ2) is 6.94. The van der Waals surface area contributed by atoms with Gasteiger partial charge in [0.25, 0.3) is 0 Å². The van der Waals surface area contributed by atoms with Crippen molar-refractivity contribution in [3.63, 3.8) is 0 Å². The number of rotatable bonds is 4. The molecule has 0 saturated carbocycles. The summed E-state index contributed by atoms with van der Waals surface area (Å²) in [6.07, 6.45) is 1.79. The number of nitrogens with two attached hydrogens (primary N) is 1. The topological polar surface area (TPSA) is 79.0 Å². The molecule has 0 heterocycles. The van der Waals surface area contributed by atoms with Gasteiger partial charge in [-0.2, -0.15) is 0 Å². The number of hydrogen-bond acceptors (Lipinski definition) is 3. The van der Waals surface area contributed by atoms with Gasteiger partial charge in [0, 0.05) is 23.9 Å². The normalized spacial score (nSPS) is 11.2. The summed E-state index contributed by atoms with van der Waals surface area (Å²) in [6.45, 7) is 3.17. The fourth-order valence-corrected chi connectivity index (χ4v) is 1.99. The number of amides is 1. The third kappa shape index (κ3) is 5.13. The van der Waals surface area contributed by atoms with E-state index in [9.17, 15) is 9.18 Å². The first-order valence-corrected chi connectivity index (χ1v) is 6.60. The largest absolute Gasteiger partial charge is 0.379 e. The van der Waals surface area contributed by atoms with Crippen molar-refractivity contribution >= 4 is 34.1 Å². The summed E-state index contributed by atoms with van der Waals surface area (Å²) in [7, 11) is 0. The predicted molar refractivity (Wildman–Crippen MR) is 78.7 cm³/mol. The summed E-state index contributed by atoms with van der Waals surface area (Å²) in [5, 5.41) is 9.72. The zero-order valence-corrected chi connectivity index (χ0v) is 11.6. The Bertz CT molecular complexity index is 529. The Balaban J connectivity index is 2.91. The van der Waals surface area contributed by atoms with Gasteiger partial charge >= 0.3 is 0 Å². The number of amidine groups is 1. The molecule has 4 nitrogen and oxygen atoms in total. The lowest BCUT2D eigenvalue weighted by molar-refractivity contribution is -0.114. The van der Waals surface area contributed by atoms with E-state index in [0.29, 0.717) is 17.0 Å². The van der Waals surface area contributed by atoms with E-state index in [1.54, 1.807) is 19.1 Å². The van der Waals surface area contributed by atoms with Crippen LogP contribution in [0.25, 0.3) is 5.57 Å². The summed E-state index contributed by atoms with van der Waals surface area (Å²) in [5.74, 6) is -0.0488. The van der Waals surface area contributed by atoms with Crippen LogP contribution >= 0.6 is 11.8 Å². The van der Waals surface area contributed by atoms with Crippen LogP contribution in [-0.4, -0.2) is 16.8 Å². The highest BCUT2D eigenvalue weighted by atomic mass is 32.2. The Morgan fingerprint density at radius 3 is 2.79 bits per heavy atom. The second-order valence-electron chi connectivity index (χ2n) is 3.94. The number of anilines is 1. The third-order valence-electron chi connectivity index (χ3n) is 2.34. The Hall–Kier alpha value is -1.82. The van der Waals surface area contributed by atoms with Crippen LogP contribution in [0.5, 0.6) is 0 Å². The van der Waals surface area contributed by atoms with E-state index in [4.69, 9.17) is 11.1 Å². The van der Waals surface area contributed by atoms with Gasteiger partial charge in [0.2, 0.25) is 5.91 Å². The highest BCUT2D eigenvalue weighted by Crippen LogP contribution is 2.22. The van der Waals surface area contributed by atoms with Crippen LogP contribution in [0.3, 0.4) is 0 Å². The number of thioether (sulfide) groups is 1. The Morgan fingerprint density at radius 1 is 1.53 bits per heavy atom. The lowest BCUT2D eigenvalue weighted by Gasteiger charge is -2.08. The average molecular weight is 281 g/mol. The van der Waals surface area contributed by atoms with Gasteiger partial charge in [0.15, 0.2) is 5.17 Å². The molecule has 1 aromatic rings. The number of allylic oxidation sites excluding steroid dienone is 1. The summed E-state index contributed by atoms with van der Waals surface area (Å²) < 4.78 is 13.7. The monoisotopic (exact) mass is 281 g/mol. The van der Waals surface area contributed by atoms with Crippen LogP contribution in [0.1, 0.15) is 19.4 Å². The number of benzene rings is 1. The number of carbonyl (C=O) groups is 1. The molecule has 0 aliphatic rings. The van der Waals surface area contributed by atoms with E-state index < -0.39 is 0 Å². The Labute approximate surface area is 115 Å². The molecule has 0 radical (unpaired) electrons. The molecule has 0 spiro atoms. The maximum Gasteiger partial charge on any atom is 0.221 e. The van der Waals surface area contributed by atoms with Gasteiger partial charge in [-0.05, 0) is 30.7 Å². The molecule has 1 rings (SSSR count). The van der Waals surface area contributed by atoms with Gasteiger partial charge in [0.1, 0.15) is 5.82 Å². The van der Waals surface area contributed by atoms with Gasteiger partial charge in [0.05, 0.1) is 0 Å². The quantitative estimate of drug-likeness (QED) is 0.586. The fraction of sp³-hybridized carbons (Fsp3) is 0.231. The van der Waals surface area contributed by atoms with Crippen LogP contribution in [-0.2, 0) is 4.79 Å². The third-order valence-corrected chi connectivity index (χ3v) is 2.98. The lowest BCUT2D eigenvalue weighted by atomic mass is 10.1. The minimum atomic E-state index is -0.351. The van der Waals surface area contributed by atoms with Crippen molar-refractivity contribution in [1.82, 2.24) is 0 Å². The summed E-state index contributed by atoms with van der Waals surface area (Å²) in [5.41, 5.74) is 6.93. The van der Waals surface area contributed by atoms with Gasteiger partial charge in [-0.3, -0.25) is 10.2 Å². The first-order valence-electron chi connectivity index (χ1n) is 5.61. The molecule has 0 unspecified atom stereocenters. The average Bonchev–Trinajstić information content (AvgIpc) is 2.30. The van der Waals surface area contributed by atoms with E-state index >= 15 is 0 Å². The highest BCUT2D eigenvalue weighted by Gasteiger charge is 2.06. The van der Waals surface area contributed by atoms with Crippen LogP contribution in [0.15, 0.2) is 24.3 Å². The fourth-order valence-electron chi connectivity index (χ4n) is 1.47. The Kier molecular flexibility index (Phi) is 5.57. The SMILES string of the molecule is CC(=O)Nc1ccc(F)c(C(C)=CCSC(=N)N)c1. The first kappa shape index (κ1) is 15.2. The first-order chi connectivity index (χ1) is 8.90. The van der Waals surface area contributed by atoms with Crippen LogP contribution in [0, 0.1) is 11.2 Å². The van der Waals surface area contributed by atoms with Crippen molar-refractivity contribution in [2.75, 3.05) is 11.1 Å². The van der Waals surface area contributed by atoms with Crippen molar-refractivity contribution in [2.24, 2.45) is 5.73 Å². The zero-order valence-electron chi connectivity index (χ0n) is 10.8. The number of carbonyl (C=O) groups excluding carboxylic acids is 1. The smallest absolute Gasteiger partial charge is 0.221 e. The number of nitrogens with one attached hydrogen (secondary N) is 2. The van der Waals surface area contributed by atoms with Crippen molar-refractivity contribution in [3.05, 3.63) is 35.7 Å². The molecular weight excluding hydrogens is 265 g/mol. The molecule has 0 aliphatic carbocycles. The van der Waals surface area contributed by atoms with Gasteiger partial charge in [-0.15, -0.1) is 0 Å². The van der Waals surface area contributed by atoms with E-state index in [0.717, 1.165) is 5.57 Å². The molecule has 0 atom stereocenters. The molecule has 0 aliphatic heterocycles. The summed E-state index contributed by atoms with van der Waals surface area (Å²) in [4.78, 5) is 11.0. The highest BCUT2D eigenvalue weighted by molar-refractivity contribution is 8.13.